The van der Waals surface area contributed by atoms with Gasteiger partial charge in [-0.3, -0.25) is 0 Å². The third-order valence-corrected chi connectivity index (χ3v) is 2.89. The third-order valence-electron chi connectivity index (χ3n) is 2.03. The van der Waals surface area contributed by atoms with Gasteiger partial charge < -0.3 is 14.9 Å². The molecule has 17 heavy (non-hydrogen) atoms. The van der Waals surface area contributed by atoms with Gasteiger partial charge in [0.25, 0.3) is 11.8 Å². The average molecular weight is 253 g/mol. The van der Waals surface area contributed by atoms with Crippen molar-refractivity contribution < 1.29 is 13.9 Å². The first-order chi connectivity index (χ1) is 7.99. The highest BCUT2D eigenvalue weighted by Gasteiger charge is 2.31. The zero-order valence-corrected chi connectivity index (χ0v) is 10.2. The third kappa shape index (κ3) is 2.44. The van der Waals surface area contributed by atoms with Gasteiger partial charge >= 0.3 is 6.09 Å². The van der Waals surface area contributed by atoms with Crippen molar-refractivity contribution in [1.29, 1.82) is 0 Å². The van der Waals surface area contributed by atoms with Gasteiger partial charge in [0.05, 0.1) is 4.88 Å². The van der Waals surface area contributed by atoms with E-state index in [4.69, 9.17) is 14.9 Å². The molecule has 0 spiro atoms. The predicted octanol–water partition coefficient (Wildman–Crippen LogP) is 2.13. The van der Waals surface area contributed by atoms with Gasteiger partial charge in [0, 0.05) is 0 Å². The van der Waals surface area contributed by atoms with Gasteiger partial charge in [-0.15, -0.1) is 21.5 Å². The van der Waals surface area contributed by atoms with Crippen LogP contribution in [0.1, 0.15) is 19.7 Å². The van der Waals surface area contributed by atoms with Crippen LogP contribution < -0.4 is 5.73 Å². The fraction of sp³-hybridized carbons (Fsp3) is 0.300. The zero-order valence-electron chi connectivity index (χ0n) is 9.34. The summed E-state index contributed by atoms with van der Waals surface area (Å²) in [5.74, 6) is 0.607. The first kappa shape index (κ1) is 11.6. The predicted molar refractivity (Wildman–Crippen MR) is 61.3 cm³/mol. The van der Waals surface area contributed by atoms with Crippen LogP contribution in [0.3, 0.4) is 0 Å². The van der Waals surface area contributed by atoms with Crippen LogP contribution in [0.2, 0.25) is 0 Å². The summed E-state index contributed by atoms with van der Waals surface area (Å²) in [6.45, 7) is 3.26. The van der Waals surface area contributed by atoms with E-state index in [0.717, 1.165) is 4.88 Å². The number of nitrogens with two attached hydrogens (primary N) is 1. The van der Waals surface area contributed by atoms with Crippen LogP contribution in [-0.2, 0) is 10.3 Å². The Kier molecular flexibility index (Phi) is 2.84. The largest absolute Gasteiger partial charge is 0.434 e. The lowest BCUT2D eigenvalue weighted by Crippen LogP contribution is -2.29. The molecule has 0 bridgehead atoms. The molecule has 7 heteroatoms. The van der Waals surface area contributed by atoms with Crippen LogP contribution in [0.25, 0.3) is 10.8 Å². The van der Waals surface area contributed by atoms with E-state index < -0.39 is 11.7 Å². The minimum Gasteiger partial charge on any atom is -0.434 e. The molecular weight excluding hydrogens is 242 g/mol. The Morgan fingerprint density at radius 2 is 2.29 bits per heavy atom. The first-order valence-electron chi connectivity index (χ1n) is 4.85. The summed E-state index contributed by atoms with van der Waals surface area (Å²) in [5, 5.41) is 9.65. The number of nitrogens with zero attached hydrogens (tertiary/aromatic N) is 2. The number of ether oxygens (including phenoxy) is 1. The molecule has 0 aromatic carbocycles. The molecule has 2 N–H and O–H groups in total. The lowest BCUT2D eigenvalue weighted by molar-refractivity contribution is 0.0224. The molecule has 0 radical (unpaired) electrons. The van der Waals surface area contributed by atoms with Gasteiger partial charge in [0.2, 0.25) is 0 Å². The molecule has 1 amide bonds. The Balaban J connectivity index is 2.26. The fourth-order valence-electron chi connectivity index (χ4n) is 1.26. The van der Waals surface area contributed by atoms with Crippen LogP contribution in [0.5, 0.6) is 0 Å². The van der Waals surface area contributed by atoms with Crippen molar-refractivity contribution in [2.45, 2.75) is 19.4 Å². The SMILES string of the molecule is CC(C)(OC(N)=O)c1nnc(-c2cccs2)o1. The fourth-order valence-corrected chi connectivity index (χ4v) is 1.91. The van der Waals surface area contributed by atoms with Crippen molar-refractivity contribution in [2.75, 3.05) is 0 Å². The molecule has 0 aliphatic heterocycles. The summed E-state index contributed by atoms with van der Waals surface area (Å²) < 4.78 is 10.3. The molecule has 0 aliphatic rings. The number of hydrogen-bond acceptors (Lipinski definition) is 6. The number of primary amides is 1. The van der Waals surface area contributed by atoms with Crippen molar-refractivity contribution in [3.63, 3.8) is 0 Å². The van der Waals surface area contributed by atoms with Gasteiger partial charge in [-0.25, -0.2) is 4.79 Å². The molecule has 0 saturated carbocycles. The Morgan fingerprint density at radius 1 is 1.53 bits per heavy atom. The second kappa shape index (κ2) is 4.17. The minimum absolute atomic E-state index is 0.208. The maximum absolute atomic E-state index is 10.7. The van der Waals surface area contributed by atoms with Crippen LogP contribution in [0, 0.1) is 0 Å². The quantitative estimate of drug-likeness (QED) is 0.904. The van der Waals surface area contributed by atoms with E-state index in [9.17, 15) is 4.79 Å². The molecule has 0 aliphatic carbocycles. The number of amides is 1. The first-order valence-corrected chi connectivity index (χ1v) is 5.73. The number of thiophene rings is 1. The highest BCUT2D eigenvalue weighted by Crippen LogP contribution is 2.28. The van der Waals surface area contributed by atoms with Crippen molar-refractivity contribution in [3.05, 3.63) is 23.4 Å². The van der Waals surface area contributed by atoms with E-state index in [2.05, 4.69) is 10.2 Å². The van der Waals surface area contributed by atoms with E-state index in [0.29, 0.717) is 5.89 Å². The summed E-state index contributed by atoms with van der Waals surface area (Å²) in [6.07, 6.45) is -0.883. The number of carbonyl (C=O) groups excluding carboxylic acids is 1. The van der Waals surface area contributed by atoms with Crippen molar-refractivity contribution >= 4 is 17.4 Å². The van der Waals surface area contributed by atoms with Crippen molar-refractivity contribution in [1.82, 2.24) is 10.2 Å². The summed E-state index contributed by atoms with van der Waals surface area (Å²) in [4.78, 5) is 11.6. The number of aromatic nitrogens is 2. The van der Waals surface area contributed by atoms with Gasteiger partial charge in [-0.2, -0.15) is 0 Å². The van der Waals surface area contributed by atoms with Gasteiger partial charge in [0.1, 0.15) is 0 Å². The summed E-state index contributed by atoms with van der Waals surface area (Å²) in [5.41, 5.74) is 3.93. The molecule has 2 rings (SSSR count). The Morgan fingerprint density at radius 3 is 2.88 bits per heavy atom. The number of hydrogen-bond donors (Lipinski definition) is 1. The molecule has 2 aromatic rings. The monoisotopic (exact) mass is 253 g/mol. The normalized spacial score (nSPS) is 11.4. The molecule has 6 nitrogen and oxygen atoms in total. The second-order valence-corrected chi connectivity index (χ2v) is 4.77. The maximum Gasteiger partial charge on any atom is 0.405 e. The molecule has 0 fully saturated rings. The Hall–Kier alpha value is -1.89. The molecular formula is C10H11N3O3S. The smallest absolute Gasteiger partial charge is 0.405 e. The number of carbonyl (C=O) groups is 1. The summed E-state index contributed by atoms with van der Waals surface area (Å²) in [7, 11) is 0. The van der Waals surface area contributed by atoms with Gasteiger partial charge in [0.15, 0.2) is 5.60 Å². The molecule has 0 unspecified atom stereocenters. The molecule has 2 heterocycles. The molecule has 2 aromatic heterocycles. The Bertz CT molecular complexity index is 519. The zero-order chi connectivity index (χ0) is 12.5. The van der Waals surface area contributed by atoms with E-state index in [1.807, 2.05) is 17.5 Å². The molecule has 0 saturated heterocycles. The maximum atomic E-state index is 10.7. The Labute approximate surface area is 101 Å². The van der Waals surface area contributed by atoms with Crippen LogP contribution >= 0.6 is 11.3 Å². The van der Waals surface area contributed by atoms with E-state index in [-0.39, 0.29) is 5.89 Å². The van der Waals surface area contributed by atoms with Gasteiger partial charge in [-0.1, -0.05) is 6.07 Å². The standard InChI is InChI=1S/C10H11N3O3S/c1-10(2,16-9(11)14)8-13-12-7(15-8)6-4-3-5-17-6/h3-5H,1-2H3,(H2,11,14). The number of rotatable bonds is 3. The summed E-state index contributed by atoms with van der Waals surface area (Å²) >= 11 is 1.49. The summed E-state index contributed by atoms with van der Waals surface area (Å²) in [6, 6.07) is 3.75. The minimum atomic E-state index is -1.03. The second-order valence-electron chi connectivity index (χ2n) is 3.82. The van der Waals surface area contributed by atoms with Crippen LogP contribution in [0.15, 0.2) is 21.9 Å². The van der Waals surface area contributed by atoms with Crippen LogP contribution in [-0.4, -0.2) is 16.3 Å². The lowest BCUT2D eigenvalue weighted by atomic mass is 10.1. The topological polar surface area (TPSA) is 91.2 Å². The van der Waals surface area contributed by atoms with Crippen molar-refractivity contribution in [2.24, 2.45) is 5.73 Å². The van der Waals surface area contributed by atoms with E-state index in [1.54, 1.807) is 13.8 Å². The average Bonchev–Trinajstić information content (AvgIpc) is 2.87. The molecule has 0 atom stereocenters. The molecule has 90 valence electrons. The highest BCUT2D eigenvalue weighted by atomic mass is 32.1. The van der Waals surface area contributed by atoms with E-state index >= 15 is 0 Å². The van der Waals surface area contributed by atoms with Crippen LogP contribution in [0.4, 0.5) is 4.79 Å². The van der Waals surface area contributed by atoms with Crippen molar-refractivity contribution in [3.8, 4) is 10.8 Å². The lowest BCUT2D eigenvalue weighted by Gasteiger charge is -2.18. The van der Waals surface area contributed by atoms with E-state index in [1.165, 1.54) is 11.3 Å². The van der Waals surface area contributed by atoms with Gasteiger partial charge in [-0.05, 0) is 25.3 Å². The highest BCUT2D eigenvalue weighted by molar-refractivity contribution is 7.13.